The van der Waals surface area contributed by atoms with Gasteiger partial charge in [-0.05, 0) is 12.1 Å². The fourth-order valence-corrected chi connectivity index (χ4v) is 1.54. The quantitative estimate of drug-likeness (QED) is 0.691. The molecule has 0 amide bonds. The monoisotopic (exact) mass is 216 g/mol. The number of rotatable bonds is 0. The predicted molar refractivity (Wildman–Crippen MR) is 56.2 cm³/mol. The molecule has 0 bridgehead atoms. The van der Waals surface area contributed by atoms with Crippen LogP contribution in [-0.4, -0.2) is 5.11 Å². The molecule has 1 saturated carbocycles. The highest BCUT2D eigenvalue weighted by Gasteiger charge is 2.01. The van der Waals surface area contributed by atoms with E-state index in [2.05, 4.69) is 0 Å². The van der Waals surface area contributed by atoms with E-state index in [0.29, 0.717) is 0 Å². The van der Waals surface area contributed by atoms with Gasteiger partial charge in [0.05, 0.1) is 5.02 Å². The first-order chi connectivity index (χ1) is 6.72. The summed E-state index contributed by atoms with van der Waals surface area (Å²) in [5.74, 6) is -1.18. The Morgan fingerprint density at radius 1 is 1.07 bits per heavy atom. The molecule has 0 saturated heterocycles. The molecule has 1 aromatic rings. The molecule has 2 rings (SSSR count). The molecule has 1 fully saturated rings. The zero-order valence-corrected chi connectivity index (χ0v) is 8.73. The van der Waals surface area contributed by atoms with Gasteiger partial charge in [-0.15, -0.1) is 0 Å². The maximum Gasteiger partial charge on any atom is 0.170 e. The Hall–Kier alpha value is -0.760. The molecule has 78 valence electrons. The molecular formula is C11H14ClFO. The molecule has 1 aliphatic rings. The second-order valence-corrected chi connectivity index (χ2v) is 3.75. The lowest BCUT2D eigenvalue weighted by Gasteiger charge is -1.94. The van der Waals surface area contributed by atoms with Crippen molar-refractivity contribution in [2.75, 3.05) is 0 Å². The fourth-order valence-electron chi connectivity index (χ4n) is 1.37. The van der Waals surface area contributed by atoms with Crippen LogP contribution >= 0.6 is 11.6 Å². The normalized spacial score (nSPS) is 14.7. The van der Waals surface area contributed by atoms with E-state index in [-0.39, 0.29) is 5.02 Å². The summed E-state index contributed by atoms with van der Waals surface area (Å²) >= 11 is 5.32. The first-order valence-corrected chi connectivity index (χ1v) is 5.22. The minimum atomic E-state index is -0.692. The van der Waals surface area contributed by atoms with Gasteiger partial charge >= 0.3 is 0 Å². The SMILES string of the molecule is C1CCCC1.Oc1c(F)cccc1Cl. The molecule has 0 unspecified atom stereocenters. The molecule has 1 N–H and O–H groups in total. The molecule has 1 nitrogen and oxygen atoms in total. The lowest BCUT2D eigenvalue weighted by molar-refractivity contribution is 0.433. The molecule has 0 atom stereocenters. The van der Waals surface area contributed by atoms with Gasteiger partial charge in [-0.3, -0.25) is 0 Å². The Bertz CT molecular complexity index is 257. The number of aromatic hydroxyl groups is 1. The largest absolute Gasteiger partial charge is 0.504 e. The first kappa shape index (κ1) is 11.3. The van der Waals surface area contributed by atoms with Gasteiger partial charge in [0.1, 0.15) is 0 Å². The molecule has 1 aromatic carbocycles. The average Bonchev–Trinajstić information content (AvgIpc) is 2.72. The van der Waals surface area contributed by atoms with Crippen molar-refractivity contribution in [2.24, 2.45) is 0 Å². The number of halogens is 2. The van der Waals surface area contributed by atoms with Gasteiger partial charge in [0.25, 0.3) is 0 Å². The molecular weight excluding hydrogens is 203 g/mol. The van der Waals surface area contributed by atoms with Crippen molar-refractivity contribution in [3.05, 3.63) is 29.0 Å². The zero-order valence-electron chi connectivity index (χ0n) is 7.97. The molecule has 0 heterocycles. The smallest absolute Gasteiger partial charge is 0.170 e. The van der Waals surface area contributed by atoms with Gasteiger partial charge in [-0.25, -0.2) is 4.39 Å². The summed E-state index contributed by atoms with van der Waals surface area (Å²) in [4.78, 5) is 0. The molecule has 0 spiro atoms. The Morgan fingerprint density at radius 2 is 1.57 bits per heavy atom. The van der Waals surface area contributed by atoms with Gasteiger partial charge < -0.3 is 5.11 Å². The molecule has 3 heteroatoms. The number of hydrogen-bond donors (Lipinski definition) is 1. The van der Waals surface area contributed by atoms with Gasteiger partial charge in [-0.1, -0.05) is 49.8 Å². The van der Waals surface area contributed by atoms with Crippen LogP contribution in [0.25, 0.3) is 0 Å². The highest BCUT2D eigenvalue weighted by Crippen LogP contribution is 2.24. The number of phenols is 1. The second-order valence-electron chi connectivity index (χ2n) is 3.34. The summed E-state index contributed by atoms with van der Waals surface area (Å²) < 4.78 is 12.2. The maximum absolute atomic E-state index is 12.2. The minimum Gasteiger partial charge on any atom is -0.504 e. The summed E-state index contributed by atoms with van der Waals surface area (Å²) in [5, 5.41) is 8.74. The Kier molecular flexibility index (Phi) is 4.74. The average molecular weight is 217 g/mol. The third-order valence-electron chi connectivity index (χ3n) is 2.19. The van der Waals surface area contributed by atoms with Crippen molar-refractivity contribution in [3.63, 3.8) is 0 Å². The van der Waals surface area contributed by atoms with E-state index in [4.69, 9.17) is 16.7 Å². The summed E-state index contributed by atoms with van der Waals surface area (Å²) in [6.45, 7) is 0. The lowest BCUT2D eigenvalue weighted by atomic mass is 10.3. The van der Waals surface area contributed by atoms with E-state index < -0.39 is 11.6 Å². The van der Waals surface area contributed by atoms with Gasteiger partial charge in [0.15, 0.2) is 11.6 Å². The van der Waals surface area contributed by atoms with E-state index in [1.54, 1.807) is 0 Å². The summed E-state index contributed by atoms with van der Waals surface area (Å²) in [6.07, 6.45) is 7.50. The Morgan fingerprint density at radius 3 is 1.93 bits per heavy atom. The predicted octanol–water partition coefficient (Wildman–Crippen LogP) is 4.14. The van der Waals surface area contributed by atoms with Crippen LogP contribution in [0.4, 0.5) is 4.39 Å². The third-order valence-corrected chi connectivity index (χ3v) is 2.49. The van der Waals surface area contributed by atoms with Crippen LogP contribution in [0.3, 0.4) is 0 Å². The van der Waals surface area contributed by atoms with Crippen LogP contribution in [-0.2, 0) is 0 Å². The Balaban J connectivity index is 0.000000165. The van der Waals surface area contributed by atoms with Crippen LogP contribution in [0.2, 0.25) is 5.02 Å². The van der Waals surface area contributed by atoms with Crippen LogP contribution in [0.1, 0.15) is 32.1 Å². The van der Waals surface area contributed by atoms with Gasteiger partial charge in [-0.2, -0.15) is 0 Å². The summed E-state index contributed by atoms with van der Waals surface area (Å²) in [5.41, 5.74) is 0. The topological polar surface area (TPSA) is 20.2 Å². The summed E-state index contributed by atoms with van der Waals surface area (Å²) in [7, 11) is 0. The van der Waals surface area contributed by atoms with Crippen molar-refractivity contribution in [3.8, 4) is 5.75 Å². The van der Waals surface area contributed by atoms with E-state index in [0.717, 1.165) is 6.07 Å². The maximum atomic E-state index is 12.2. The van der Waals surface area contributed by atoms with Gasteiger partial charge in [0.2, 0.25) is 0 Å². The van der Waals surface area contributed by atoms with E-state index in [1.807, 2.05) is 0 Å². The molecule has 0 aliphatic heterocycles. The number of benzene rings is 1. The third kappa shape index (κ3) is 3.54. The van der Waals surface area contributed by atoms with Gasteiger partial charge in [0, 0.05) is 0 Å². The lowest BCUT2D eigenvalue weighted by Crippen LogP contribution is -1.73. The highest BCUT2D eigenvalue weighted by atomic mass is 35.5. The second kappa shape index (κ2) is 5.86. The number of phenolic OH excluding ortho intramolecular Hbond substituents is 1. The highest BCUT2D eigenvalue weighted by molar-refractivity contribution is 6.31. The fraction of sp³-hybridized carbons (Fsp3) is 0.455. The van der Waals surface area contributed by atoms with Crippen molar-refractivity contribution in [2.45, 2.75) is 32.1 Å². The Labute approximate surface area is 88.5 Å². The van der Waals surface area contributed by atoms with Crippen LogP contribution < -0.4 is 0 Å². The number of hydrogen-bond acceptors (Lipinski definition) is 1. The summed E-state index contributed by atoms with van der Waals surface area (Å²) in [6, 6.07) is 3.98. The first-order valence-electron chi connectivity index (χ1n) is 4.85. The van der Waals surface area contributed by atoms with Crippen molar-refractivity contribution in [1.82, 2.24) is 0 Å². The zero-order chi connectivity index (χ0) is 10.4. The van der Waals surface area contributed by atoms with Crippen molar-refractivity contribution >= 4 is 11.6 Å². The van der Waals surface area contributed by atoms with Crippen molar-refractivity contribution in [1.29, 1.82) is 0 Å². The van der Waals surface area contributed by atoms with Crippen LogP contribution in [0.5, 0.6) is 5.75 Å². The standard InChI is InChI=1S/C6H4ClFO.C5H10/c7-4-2-1-3-5(8)6(4)9;1-2-4-5-3-1/h1-3,9H;1-5H2. The minimum absolute atomic E-state index is 0.0370. The van der Waals surface area contributed by atoms with E-state index in [1.165, 1.54) is 44.2 Å². The molecule has 0 aromatic heterocycles. The molecule has 0 radical (unpaired) electrons. The molecule has 14 heavy (non-hydrogen) atoms. The van der Waals surface area contributed by atoms with E-state index >= 15 is 0 Å². The molecule has 1 aliphatic carbocycles. The van der Waals surface area contributed by atoms with Crippen molar-refractivity contribution < 1.29 is 9.50 Å². The van der Waals surface area contributed by atoms with Crippen LogP contribution in [0, 0.1) is 5.82 Å². The van der Waals surface area contributed by atoms with E-state index in [9.17, 15) is 4.39 Å². The van der Waals surface area contributed by atoms with Crippen LogP contribution in [0.15, 0.2) is 18.2 Å². The number of para-hydroxylation sites is 1.